The third-order valence-corrected chi connectivity index (χ3v) is 5.73. The predicted molar refractivity (Wildman–Crippen MR) is 128 cm³/mol. The fourth-order valence-corrected chi connectivity index (χ4v) is 3.97. The Kier molecular flexibility index (Phi) is 6.43. The van der Waals surface area contributed by atoms with Gasteiger partial charge < -0.3 is 26.6 Å². The number of nitrogens with two attached hydrogens (primary N) is 2. The SMILES string of the molecule is NC(=O)C1=C(C(=O)Nc2ccc(N3CCCC(N)C3=O)cc2)N=CCN1c1ccc(Cl)cc1. The molecule has 2 aromatic rings. The van der Waals surface area contributed by atoms with E-state index >= 15 is 0 Å². The van der Waals surface area contributed by atoms with Crippen molar-refractivity contribution in [2.75, 3.05) is 28.2 Å². The Balaban J connectivity index is 1.55. The fraction of sp³-hybridized carbons (Fsp3) is 0.217. The highest BCUT2D eigenvalue weighted by molar-refractivity contribution is 6.30. The number of hydrogen-bond acceptors (Lipinski definition) is 6. The highest BCUT2D eigenvalue weighted by Crippen LogP contribution is 2.27. The number of primary amides is 1. The Morgan fingerprint density at radius 1 is 1.03 bits per heavy atom. The van der Waals surface area contributed by atoms with E-state index in [2.05, 4.69) is 10.3 Å². The highest BCUT2D eigenvalue weighted by Gasteiger charge is 2.29. The number of aliphatic imine (C=N–C) groups is 1. The molecule has 0 aliphatic carbocycles. The first-order chi connectivity index (χ1) is 15.8. The first kappa shape index (κ1) is 22.5. The van der Waals surface area contributed by atoms with Gasteiger partial charge in [0.05, 0.1) is 12.6 Å². The fourth-order valence-electron chi connectivity index (χ4n) is 3.84. The molecule has 2 aliphatic rings. The molecule has 1 atom stereocenters. The zero-order valence-electron chi connectivity index (χ0n) is 17.7. The number of hydrogen-bond donors (Lipinski definition) is 3. The quantitative estimate of drug-likeness (QED) is 0.619. The summed E-state index contributed by atoms with van der Waals surface area (Å²) in [6, 6.07) is 13.1. The summed E-state index contributed by atoms with van der Waals surface area (Å²) in [5, 5.41) is 3.28. The predicted octanol–water partition coefficient (Wildman–Crippen LogP) is 2.02. The van der Waals surface area contributed by atoms with E-state index in [1.165, 1.54) is 6.21 Å². The zero-order valence-corrected chi connectivity index (χ0v) is 18.5. The van der Waals surface area contributed by atoms with Crippen LogP contribution in [0.25, 0.3) is 0 Å². The second-order valence-electron chi connectivity index (χ2n) is 7.70. The van der Waals surface area contributed by atoms with Crippen LogP contribution in [0, 0.1) is 0 Å². The number of nitrogens with zero attached hydrogens (tertiary/aromatic N) is 3. The summed E-state index contributed by atoms with van der Waals surface area (Å²) in [7, 11) is 0. The van der Waals surface area contributed by atoms with Crippen molar-refractivity contribution in [3.8, 4) is 0 Å². The van der Waals surface area contributed by atoms with E-state index in [1.54, 1.807) is 58.3 Å². The third-order valence-electron chi connectivity index (χ3n) is 5.48. The third kappa shape index (κ3) is 4.74. The molecule has 1 fully saturated rings. The smallest absolute Gasteiger partial charge is 0.276 e. The van der Waals surface area contributed by atoms with Gasteiger partial charge in [0.25, 0.3) is 11.8 Å². The van der Waals surface area contributed by atoms with Crippen molar-refractivity contribution in [1.82, 2.24) is 0 Å². The Morgan fingerprint density at radius 2 is 1.67 bits per heavy atom. The number of benzene rings is 2. The Hall–Kier alpha value is -3.69. The molecule has 0 bridgehead atoms. The summed E-state index contributed by atoms with van der Waals surface area (Å²) in [6.07, 6.45) is 3.04. The van der Waals surface area contributed by atoms with Crippen LogP contribution in [0.2, 0.25) is 5.02 Å². The van der Waals surface area contributed by atoms with Gasteiger partial charge in [-0.2, -0.15) is 0 Å². The van der Waals surface area contributed by atoms with Gasteiger partial charge >= 0.3 is 0 Å². The van der Waals surface area contributed by atoms with E-state index in [9.17, 15) is 14.4 Å². The molecule has 0 aromatic heterocycles. The first-order valence-electron chi connectivity index (χ1n) is 10.4. The maximum absolute atomic E-state index is 13.0. The average molecular weight is 467 g/mol. The minimum absolute atomic E-state index is 0.0122. The maximum atomic E-state index is 13.0. The number of amides is 3. The van der Waals surface area contributed by atoms with Crippen LogP contribution in [0.4, 0.5) is 17.1 Å². The summed E-state index contributed by atoms with van der Waals surface area (Å²) in [4.78, 5) is 44.9. The van der Waals surface area contributed by atoms with Crippen LogP contribution in [0.1, 0.15) is 12.8 Å². The Morgan fingerprint density at radius 3 is 2.33 bits per heavy atom. The lowest BCUT2D eigenvalue weighted by Crippen LogP contribution is -2.48. The van der Waals surface area contributed by atoms with Gasteiger partial charge in [-0.25, -0.2) is 0 Å². The van der Waals surface area contributed by atoms with E-state index in [0.29, 0.717) is 35.1 Å². The van der Waals surface area contributed by atoms with Crippen molar-refractivity contribution in [3.63, 3.8) is 0 Å². The van der Waals surface area contributed by atoms with E-state index in [-0.39, 0.29) is 23.8 Å². The number of anilines is 3. The molecule has 4 rings (SSSR count). The van der Waals surface area contributed by atoms with Gasteiger partial charge in [0.1, 0.15) is 5.70 Å². The number of halogens is 1. The van der Waals surface area contributed by atoms with Gasteiger partial charge in [-0.1, -0.05) is 11.6 Å². The lowest BCUT2D eigenvalue weighted by Gasteiger charge is -2.30. The van der Waals surface area contributed by atoms with Crippen molar-refractivity contribution in [2.45, 2.75) is 18.9 Å². The van der Waals surface area contributed by atoms with Crippen LogP contribution in [0.3, 0.4) is 0 Å². The largest absolute Gasteiger partial charge is 0.364 e. The van der Waals surface area contributed by atoms with E-state index in [1.807, 2.05) is 0 Å². The minimum atomic E-state index is -0.776. The van der Waals surface area contributed by atoms with E-state index in [0.717, 1.165) is 6.42 Å². The minimum Gasteiger partial charge on any atom is -0.364 e. The molecule has 2 aromatic carbocycles. The van der Waals surface area contributed by atoms with Crippen molar-refractivity contribution >= 4 is 52.6 Å². The van der Waals surface area contributed by atoms with Gasteiger partial charge in [0.15, 0.2) is 5.70 Å². The van der Waals surface area contributed by atoms with Crippen LogP contribution in [0.5, 0.6) is 0 Å². The van der Waals surface area contributed by atoms with Crippen LogP contribution < -0.4 is 26.6 Å². The summed E-state index contributed by atoms with van der Waals surface area (Å²) < 4.78 is 0. The molecule has 170 valence electrons. The first-order valence-corrected chi connectivity index (χ1v) is 10.8. The van der Waals surface area contributed by atoms with Crippen LogP contribution in [-0.4, -0.2) is 43.1 Å². The molecule has 33 heavy (non-hydrogen) atoms. The Bertz CT molecular complexity index is 1140. The van der Waals surface area contributed by atoms with Gasteiger partial charge in [0.2, 0.25) is 5.91 Å². The summed E-state index contributed by atoms with van der Waals surface area (Å²) >= 11 is 5.95. The number of nitrogens with one attached hydrogen (secondary N) is 1. The second kappa shape index (κ2) is 9.43. The molecule has 9 nitrogen and oxygen atoms in total. The van der Waals surface area contributed by atoms with Crippen molar-refractivity contribution in [3.05, 3.63) is 64.9 Å². The van der Waals surface area contributed by atoms with Gasteiger partial charge in [0, 0.05) is 34.8 Å². The molecule has 0 radical (unpaired) electrons. The summed E-state index contributed by atoms with van der Waals surface area (Å²) in [5.41, 5.74) is 13.2. The molecule has 10 heteroatoms. The maximum Gasteiger partial charge on any atom is 0.276 e. The van der Waals surface area contributed by atoms with E-state index in [4.69, 9.17) is 23.1 Å². The number of carbonyl (C=O) groups excluding carboxylic acids is 3. The van der Waals surface area contributed by atoms with Crippen LogP contribution >= 0.6 is 11.6 Å². The molecule has 0 spiro atoms. The summed E-state index contributed by atoms with van der Waals surface area (Å²) in [5.74, 6) is -1.47. The molecule has 1 unspecified atom stereocenters. The molecule has 2 heterocycles. The molecular weight excluding hydrogens is 444 g/mol. The van der Waals surface area contributed by atoms with Gasteiger partial charge in [-0.05, 0) is 61.4 Å². The standard InChI is InChI=1S/C23H23ClN6O3/c24-14-3-7-16(8-4-14)29-13-11-27-19(20(29)21(26)31)22(32)28-15-5-9-17(10-6-15)30-12-1-2-18(25)23(30)33/h3-11,18H,1-2,12-13,25H2,(H2,26,31)(H,28,32). The molecule has 1 saturated heterocycles. The van der Waals surface area contributed by atoms with Gasteiger partial charge in [-0.3, -0.25) is 19.4 Å². The average Bonchev–Trinajstić information content (AvgIpc) is 2.81. The molecule has 2 aliphatic heterocycles. The second-order valence-corrected chi connectivity index (χ2v) is 8.14. The number of rotatable bonds is 5. The molecule has 3 amide bonds. The van der Waals surface area contributed by atoms with Crippen molar-refractivity contribution in [2.24, 2.45) is 16.5 Å². The number of piperidine rings is 1. The van der Waals surface area contributed by atoms with Crippen LogP contribution in [0.15, 0.2) is 64.9 Å². The molecule has 0 saturated carbocycles. The summed E-state index contributed by atoms with van der Waals surface area (Å²) in [6.45, 7) is 0.875. The topological polar surface area (TPSA) is 134 Å². The lowest BCUT2D eigenvalue weighted by atomic mass is 10.0. The Labute approximate surface area is 195 Å². The van der Waals surface area contributed by atoms with Crippen molar-refractivity contribution in [1.29, 1.82) is 0 Å². The molecule has 5 N–H and O–H groups in total. The molecular formula is C23H23ClN6O3. The highest BCUT2D eigenvalue weighted by atomic mass is 35.5. The normalized spacial score (nSPS) is 18.5. The van der Waals surface area contributed by atoms with E-state index < -0.39 is 17.9 Å². The monoisotopic (exact) mass is 466 g/mol. The van der Waals surface area contributed by atoms with Crippen LogP contribution in [-0.2, 0) is 14.4 Å². The number of carbonyl (C=O) groups is 3. The zero-order chi connectivity index (χ0) is 23.5. The van der Waals surface area contributed by atoms with Gasteiger partial charge in [-0.15, -0.1) is 0 Å². The lowest BCUT2D eigenvalue weighted by molar-refractivity contribution is -0.121. The van der Waals surface area contributed by atoms with Crippen molar-refractivity contribution < 1.29 is 14.4 Å².